The molecule has 0 spiro atoms. The minimum absolute atomic E-state index is 0.220. The van der Waals surface area contributed by atoms with Gasteiger partial charge in [0.25, 0.3) is 0 Å². The molecule has 0 aliphatic rings. The SMILES string of the molecule is CCOc1ccccc1/C=C/C(=O)Nc1nc(-c2ccc(C)c(C)c2)cs1. The van der Waals surface area contributed by atoms with Crippen LogP contribution < -0.4 is 10.1 Å². The van der Waals surface area contributed by atoms with Gasteiger partial charge in [0, 0.05) is 22.6 Å². The van der Waals surface area contributed by atoms with Gasteiger partial charge >= 0.3 is 0 Å². The van der Waals surface area contributed by atoms with E-state index in [1.54, 1.807) is 6.08 Å². The van der Waals surface area contributed by atoms with Crippen LogP contribution in [0.15, 0.2) is 53.9 Å². The highest BCUT2D eigenvalue weighted by Gasteiger charge is 2.08. The summed E-state index contributed by atoms with van der Waals surface area (Å²) in [5.74, 6) is 0.539. The largest absolute Gasteiger partial charge is 0.493 e. The number of carbonyl (C=O) groups excluding carboxylic acids is 1. The minimum Gasteiger partial charge on any atom is -0.493 e. The third-order valence-corrected chi connectivity index (χ3v) is 4.93. The smallest absolute Gasteiger partial charge is 0.250 e. The number of hydrogen-bond donors (Lipinski definition) is 1. The third-order valence-electron chi connectivity index (χ3n) is 4.17. The van der Waals surface area contributed by atoms with Crippen LogP contribution in [-0.4, -0.2) is 17.5 Å². The summed E-state index contributed by atoms with van der Waals surface area (Å²) < 4.78 is 5.56. The highest BCUT2D eigenvalue weighted by molar-refractivity contribution is 7.14. The molecule has 0 aliphatic heterocycles. The Morgan fingerprint density at radius 3 is 2.78 bits per heavy atom. The van der Waals surface area contributed by atoms with Crippen molar-refractivity contribution in [3.63, 3.8) is 0 Å². The van der Waals surface area contributed by atoms with Crippen LogP contribution in [0.4, 0.5) is 5.13 Å². The van der Waals surface area contributed by atoms with Crippen molar-refractivity contribution in [3.05, 3.63) is 70.6 Å². The Labute approximate surface area is 163 Å². The van der Waals surface area contributed by atoms with Gasteiger partial charge in [-0.3, -0.25) is 10.1 Å². The second kappa shape index (κ2) is 8.64. The van der Waals surface area contributed by atoms with Gasteiger partial charge in [-0.1, -0.05) is 30.3 Å². The van der Waals surface area contributed by atoms with Gasteiger partial charge in [-0.25, -0.2) is 4.98 Å². The Balaban J connectivity index is 1.68. The van der Waals surface area contributed by atoms with Crippen LogP contribution in [0.25, 0.3) is 17.3 Å². The van der Waals surface area contributed by atoms with Crippen molar-refractivity contribution in [1.82, 2.24) is 4.98 Å². The average Bonchev–Trinajstić information content (AvgIpc) is 3.12. The summed E-state index contributed by atoms with van der Waals surface area (Å²) in [7, 11) is 0. The predicted molar refractivity (Wildman–Crippen MR) is 112 cm³/mol. The van der Waals surface area contributed by atoms with Gasteiger partial charge in [-0.05, 0) is 50.1 Å². The predicted octanol–water partition coefficient (Wildman–Crippen LogP) is 5.48. The Hall–Kier alpha value is -2.92. The molecule has 0 aliphatic carbocycles. The van der Waals surface area contributed by atoms with Gasteiger partial charge in [-0.2, -0.15) is 0 Å². The van der Waals surface area contributed by atoms with Crippen molar-refractivity contribution >= 4 is 28.5 Å². The molecule has 3 aromatic rings. The first-order chi connectivity index (χ1) is 13.1. The number of rotatable bonds is 6. The van der Waals surface area contributed by atoms with Crippen LogP contribution in [0.5, 0.6) is 5.75 Å². The molecule has 0 unspecified atom stereocenters. The highest BCUT2D eigenvalue weighted by atomic mass is 32.1. The zero-order chi connectivity index (χ0) is 19.2. The zero-order valence-corrected chi connectivity index (χ0v) is 16.5. The molecule has 138 valence electrons. The molecule has 0 fully saturated rings. The van der Waals surface area contributed by atoms with E-state index in [9.17, 15) is 4.79 Å². The third kappa shape index (κ3) is 4.83. The molecule has 4 nitrogen and oxygen atoms in total. The van der Waals surface area contributed by atoms with Gasteiger partial charge < -0.3 is 4.74 Å². The van der Waals surface area contributed by atoms with Crippen LogP contribution in [-0.2, 0) is 4.79 Å². The molecule has 1 aromatic heterocycles. The molecule has 0 bridgehead atoms. The molecule has 0 atom stereocenters. The Morgan fingerprint density at radius 1 is 1.19 bits per heavy atom. The molecular weight excluding hydrogens is 356 g/mol. The zero-order valence-electron chi connectivity index (χ0n) is 15.7. The van der Waals surface area contributed by atoms with E-state index in [-0.39, 0.29) is 5.91 Å². The van der Waals surface area contributed by atoms with E-state index in [2.05, 4.69) is 36.3 Å². The first kappa shape index (κ1) is 18.9. The maximum Gasteiger partial charge on any atom is 0.250 e. The van der Waals surface area contributed by atoms with E-state index in [4.69, 9.17) is 4.74 Å². The topological polar surface area (TPSA) is 51.2 Å². The first-order valence-corrected chi connectivity index (χ1v) is 9.69. The molecule has 2 aromatic carbocycles. The first-order valence-electron chi connectivity index (χ1n) is 8.81. The van der Waals surface area contributed by atoms with Crippen molar-refractivity contribution < 1.29 is 9.53 Å². The summed E-state index contributed by atoms with van der Waals surface area (Å²) in [5.41, 5.74) is 5.26. The summed E-state index contributed by atoms with van der Waals surface area (Å²) in [4.78, 5) is 16.7. The molecular formula is C22H22N2O2S. The number of hydrogen-bond acceptors (Lipinski definition) is 4. The van der Waals surface area contributed by atoms with Crippen LogP contribution in [0.1, 0.15) is 23.6 Å². The number of carbonyl (C=O) groups is 1. The Morgan fingerprint density at radius 2 is 2.00 bits per heavy atom. The van der Waals surface area contributed by atoms with Gasteiger partial charge in [0.1, 0.15) is 5.75 Å². The number of benzene rings is 2. The van der Waals surface area contributed by atoms with Gasteiger partial charge in [0.15, 0.2) is 5.13 Å². The van der Waals surface area contributed by atoms with E-state index >= 15 is 0 Å². The lowest BCUT2D eigenvalue weighted by atomic mass is 10.1. The number of ether oxygens (including phenoxy) is 1. The summed E-state index contributed by atoms with van der Waals surface area (Å²) in [6, 6.07) is 13.9. The molecule has 0 saturated heterocycles. The molecule has 0 saturated carbocycles. The normalized spacial score (nSPS) is 10.9. The van der Waals surface area contributed by atoms with Crippen LogP contribution >= 0.6 is 11.3 Å². The Bertz CT molecular complexity index is 976. The van der Waals surface area contributed by atoms with Crippen molar-refractivity contribution in [2.45, 2.75) is 20.8 Å². The fraction of sp³-hybridized carbons (Fsp3) is 0.182. The molecule has 5 heteroatoms. The van der Waals surface area contributed by atoms with Crippen molar-refractivity contribution in [2.24, 2.45) is 0 Å². The van der Waals surface area contributed by atoms with Crippen molar-refractivity contribution in [3.8, 4) is 17.0 Å². The van der Waals surface area contributed by atoms with E-state index in [0.29, 0.717) is 11.7 Å². The van der Waals surface area contributed by atoms with Crippen molar-refractivity contribution in [1.29, 1.82) is 0 Å². The number of thiazole rings is 1. The monoisotopic (exact) mass is 378 g/mol. The minimum atomic E-state index is -0.220. The molecule has 1 heterocycles. The lowest BCUT2D eigenvalue weighted by molar-refractivity contribution is -0.111. The molecule has 3 rings (SSSR count). The summed E-state index contributed by atoms with van der Waals surface area (Å²) in [6.07, 6.45) is 3.24. The number of nitrogens with zero attached hydrogens (tertiary/aromatic N) is 1. The number of amides is 1. The number of aryl methyl sites for hydroxylation is 2. The number of para-hydroxylation sites is 1. The van der Waals surface area contributed by atoms with E-state index in [0.717, 1.165) is 22.6 Å². The van der Waals surface area contributed by atoms with Gasteiger partial charge in [0.05, 0.1) is 12.3 Å². The van der Waals surface area contributed by atoms with E-state index in [1.165, 1.54) is 28.5 Å². The number of nitrogens with one attached hydrogen (secondary N) is 1. The lowest BCUT2D eigenvalue weighted by Crippen LogP contribution is -2.07. The quantitative estimate of drug-likeness (QED) is 0.578. The van der Waals surface area contributed by atoms with Gasteiger partial charge in [0.2, 0.25) is 5.91 Å². The average molecular weight is 378 g/mol. The second-order valence-corrected chi connectivity index (χ2v) is 6.99. The fourth-order valence-electron chi connectivity index (χ4n) is 2.58. The van der Waals surface area contributed by atoms with E-state index in [1.807, 2.05) is 42.6 Å². The fourth-order valence-corrected chi connectivity index (χ4v) is 3.30. The maximum atomic E-state index is 12.2. The van der Waals surface area contributed by atoms with Gasteiger partial charge in [-0.15, -0.1) is 11.3 Å². The molecule has 1 amide bonds. The second-order valence-electron chi connectivity index (χ2n) is 6.13. The van der Waals surface area contributed by atoms with Crippen molar-refractivity contribution in [2.75, 3.05) is 11.9 Å². The molecule has 27 heavy (non-hydrogen) atoms. The Kier molecular flexibility index (Phi) is 6.04. The summed E-state index contributed by atoms with van der Waals surface area (Å²) in [5, 5.41) is 5.35. The lowest BCUT2D eigenvalue weighted by Gasteiger charge is -2.06. The van der Waals surface area contributed by atoms with Crippen LogP contribution in [0.3, 0.4) is 0 Å². The molecule has 1 N–H and O–H groups in total. The maximum absolute atomic E-state index is 12.2. The summed E-state index contributed by atoms with van der Waals surface area (Å²) in [6.45, 7) is 6.68. The highest BCUT2D eigenvalue weighted by Crippen LogP contribution is 2.26. The van der Waals surface area contributed by atoms with E-state index < -0.39 is 0 Å². The van der Waals surface area contributed by atoms with Crippen LogP contribution in [0.2, 0.25) is 0 Å². The molecule has 0 radical (unpaired) electrons. The number of aromatic nitrogens is 1. The summed E-state index contributed by atoms with van der Waals surface area (Å²) >= 11 is 1.41. The standard InChI is InChI=1S/C22H22N2O2S/c1-4-26-20-8-6-5-7-17(20)11-12-21(25)24-22-23-19(14-27-22)18-10-9-15(2)16(3)13-18/h5-14H,4H2,1-3H3,(H,23,24,25)/b12-11+. The number of anilines is 1. The van der Waals surface area contributed by atoms with Crippen LogP contribution in [0, 0.1) is 13.8 Å².